The number of hydrogen-bond donors (Lipinski definition) is 0. The van der Waals surface area contributed by atoms with E-state index in [1.807, 2.05) is 66.9 Å². The van der Waals surface area contributed by atoms with E-state index in [4.69, 9.17) is 9.26 Å². The Kier molecular flexibility index (Phi) is 3.83. The number of pyridine rings is 1. The first-order chi connectivity index (χ1) is 13.8. The largest absolute Gasteiger partial charge is 0.497 e. The molecule has 0 fully saturated rings. The minimum Gasteiger partial charge on any atom is -0.497 e. The van der Waals surface area contributed by atoms with Crippen LogP contribution in [0.15, 0.2) is 77.6 Å². The zero-order valence-electron chi connectivity index (χ0n) is 15.0. The Morgan fingerprint density at radius 1 is 0.964 bits per heavy atom. The molecular weight excluding hydrogens is 354 g/mol. The third-order valence-electron chi connectivity index (χ3n) is 4.43. The Hall–Kier alpha value is -4.00. The van der Waals surface area contributed by atoms with E-state index in [1.54, 1.807) is 18.0 Å². The molecule has 0 unspecified atom stereocenters. The lowest BCUT2D eigenvalue weighted by Crippen LogP contribution is -1.93. The quantitative estimate of drug-likeness (QED) is 0.474. The second-order valence-corrected chi connectivity index (χ2v) is 6.18. The van der Waals surface area contributed by atoms with Gasteiger partial charge in [-0.1, -0.05) is 11.2 Å². The van der Waals surface area contributed by atoms with E-state index < -0.39 is 0 Å². The number of hydrogen-bond acceptors (Lipinski definition) is 6. The average molecular weight is 369 g/mol. The third kappa shape index (κ3) is 2.88. The molecule has 3 aromatic heterocycles. The van der Waals surface area contributed by atoms with Crippen molar-refractivity contribution in [3.63, 3.8) is 0 Å². The lowest BCUT2D eigenvalue weighted by Gasteiger charge is -2.02. The van der Waals surface area contributed by atoms with E-state index in [-0.39, 0.29) is 0 Å². The van der Waals surface area contributed by atoms with Crippen LogP contribution in [-0.4, -0.2) is 32.0 Å². The molecule has 28 heavy (non-hydrogen) atoms. The van der Waals surface area contributed by atoms with Gasteiger partial charge in [0, 0.05) is 23.3 Å². The molecule has 0 saturated carbocycles. The summed E-state index contributed by atoms with van der Waals surface area (Å²) < 4.78 is 12.5. The Morgan fingerprint density at radius 2 is 1.86 bits per heavy atom. The van der Waals surface area contributed by atoms with Crippen molar-refractivity contribution >= 4 is 10.9 Å². The van der Waals surface area contributed by atoms with Gasteiger partial charge in [0.15, 0.2) is 0 Å². The van der Waals surface area contributed by atoms with Crippen LogP contribution in [0.1, 0.15) is 0 Å². The highest BCUT2D eigenvalue weighted by molar-refractivity contribution is 5.82. The zero-order chi connectivity index (χ0) is 18.9. The van der Waals surface area contributed by atoms with Crippen LogP contribution in [0.2, 0.25) is 0 Å². The lowest BCUT2D eigenvalue weighted by atomic mass is 10.2. The summed E-state index contributed by atoms with van der Waals surface area (Å²) in [7, 11) is 1.64. The monoisotopic (exact) mass is 369 g/mol. The fraction of sp³-hybridized carbons (Fsp3) is 0.0476. The summed E-state index contributed by atoms with van der Waals surface area (Å²) in [5.74, 6) is 1.69. The molecule has 0 bridgehead atoms. The molecule has 0 spiro atoms. The van der Waals surface area contributed by atoms with E-state index in [0.29, 0.717) is 17.4 Å². The Balaban J connectivity index is 1.45. The van der Waals surface area contributed by atoms with Gasteiger partial charge >= 0.3 is 0 Å². The predicted molar refractivity (Wildman–Crippen MR) is 104 cm³/mol. The van der Waals surface area contributed by atoms with Crippen LogP contribution in [-0.2, 0) is 0 Å². The van der Waals surface area contributed by atoms with E-state index in [1.165, 1.54) is 0 Å². The average Bonchev–Trinajstić information content (AvgIpc) is 3.45. The normalized spacial score (nSPS) is 11.0. The number of fused-ring (bicyclic) bond motifs is 1. The van der Waals surface area contributed by atoms with E-state index in [2.05, 4.69) is 20.2 Å². The summed E-state index contributed by atoms with van der Waals surface area (Å²) in [6.45, 7) is 0. The van der Waals surface area contributed by atoms with Crippen LogP contribution in [0, 0.1) is 0 Å². The molecule has 0 saturated heterocycles. The Bertz CT molecular complexity index is 1240. The predicted octanol–water partition coefficient (Wildman–Crippen LogP) is 4.15. The molecular formula is C21H15N5O2. The van der Waals surface area contributed by atoms with E-state index in [9.17, 15) is 0 Å². The molecule has 5 aromatic rings. The maximum Gasteiger partial charge on any atom is 0.258 e. The summed E-state index contributed by atoms with van der Waals surface area (Å²) in [6, 6.07) is 19.2. The molecule has 0 atom stereocenters. The van der Waals surface area contributed by atoms with Crippen molar-refractivity contribution in [1.82, 2.24) is 24.9 Å². The number of rotatable bonds is 4. The van der Waals surface area contributed by atoms with Crippen molar-refractivity contribution in [2.24, 2.45) is 0 Å². The van der Waals surface area contributed by atoms with E-state index >= 15 is 0 Å². The standard InChI is InChI=1S/C21H15N5O2/c1-27-17-8-10-18-15(13-17)5-9-19(23-18)20-24-21(28-25-20)14-3-6-16(7-4-14)26-12-2-11-22-26/h2-13H,1H3. The van der Waals surface area contributed by atoms with Gasteiger partial charge in [-0.3, -0.25) is 0 Å². The van der Waals surface area contributed by atoms with Crippen molar-refractivity contribution < 1.29 is 9.26 Å². The molecule has 0 N–H and O–H groups in total. The summed E-state index contributed by atoms with van der Waals surface area (Å²) >= 11 is 0. The van der Waals surface area contributed by atoms with Crippen LogP contribution in [0.3, 0.4) is 0 Å². The number of benzene rings is 2. The summed E-state index contributed by atoms with van der Waals surface area (Å²) in [5.41, 5.74) is 3.29. The zero-order valence-corrected chi connectivity index (χ0v) is 15.0. The van der Waals surface area contributed by atoms with Crippen molar-refractivity contribution in [2.75, 3.05) is 7.11 Å². The van der Waals surface area contributed by atoms with Gasteiger partial charge in [0.1, 0.15) is 11.4 Å². The van der Waals surface area contributed by atoms with Crippen LogP contribution in [0.25, 0.3) is 39.6 Å². The van der Waals surface area contributed by atoms with Crippen molar-refractivity contribution in [2.45, 2.75) is 0 Å². The maximum absolute atomic E-state index is 5.44. The van der Waals surface area contributed by atoms with Gasteiger partial charge in [-0.15, -0.1) is 0 Å². The topological polar surface area (TPSA) is 78.9 Å². The number of methoxy groups -OCH3 is 1. The lowest BCUT2D eigenvalue weighted by molar-refractivity contribution is 0.415. The number of nitrogens with zero attached hydrogens (tertiary/aromatic N) is 5. The summed E-state index contributed by atoms with van der Waals surface area (Å²) in [6.07, 6.45) is 3.63. The molecule has 0 aliphatic carbocycles. The third-order valence-corrected chi connectivity index (χ3v) is 4.43. The summed E-state index contributed by atoms with van der Waals surface area (Å²) in [5, 5.41) is 9.29. The fourth-order valence-electron chi connectivity index (χ4n) is 2.98. The van der Waals surface area contributed by atoms with Crippen LogP contribution in [0.5, 0.6) is 5.75 Å². The SMILES string of the molecule is COc1ccc2nc(-c3noc(-c4ccc(-n5cccn5)cc4)n3)ccc2c1. The first-order valence-corrected chi connectivity index (χ1v) is 8.69. The molecule has 0 aliphatic heterocycles. The highest BCUT2D eigenvalue weighted by Crippen LogP contribution is 2.25. The van der Waals surface area contributed by atoms with Gasteiger partial charge in [-0.2, -0.15) is 10.1 Å². The van der Waals surface area contributed by atoms with Gasteiger partial charge in [0.25, 0.3) is 5.89 Å². The Morgan fingerprint density at radius 3 is 2.64 bits per heavy atom. The first kappa shape index (κ1) is 16.2. The molecule has 0 amide bonds. The summed E-state index contributed by atoms with van der Waals surface area (Å²) in [4.78, 5) is 9.12. The van der Waals surface area contributed by atoms with Crippen LogP contribution >= 0.6 is 0 Å². The van der Waals surface area contributed by atoms with Crippen LogP contribution < -0.4 is 4.74 Å². The molecule has 0 aliphatic rings. The molecule has 2 aromatic carbocycles. The van der Waals surface area contributed by atoms with Crippen molar-refractivity contribution in [3.05, 3.63) is 73.1 Å². The second kappa shape index (κ2) is 6.62. The van der Waals surface area contributed by atoms with Crippen molar-refractivity contribution in [1.29, 1.82) is 0 Å². The van der Waals surface area contributed by atoms with Gasteiger partial charge in [-0.05, 0) is 54.6 Å². The number of ether oxygens (including phenoxy) is 1. The molecule has 136 valence electrons. The van der Waals surface area contributed by atoms with Crippen molar-refractivity contribution in [3.8, 4) is 34.4 Å². The van der Waals surface area contributed by atoms with Crippen LogP contribution in [0.4, 0.5) is 0 Å². The maximum atomic E-state index is 5.44. The molecule has 5 rings (SSSR count). The second-order valence-electron chi connectivity index (χ2n) is 6.18. The molecule has 0 radical (unpaired) electrons. The Labute approximate surface area is 160 Å². The van der Waals surface area contributed by atoms with Gasteiger partial charge in [-0.25, -0.2) is 9.67 Å². The highest BCUT2D eigenvalue weighted by atomic mass is 16.5. The van der Waals surface area contributed by atoms with E-state index in [0.717, 1.165) is 27.9 Å². The van der Waals surface area contributed by atoms with Gasteiger partial charge in [0.2, 0.25) is 5.82 Å². The van der Waals surface area contributed by atoms with Gasteiger partial charge in [0.05, 0.1) is 18.3 Å². The smallest absolute Gasteiger partial charge is 0.258 e. The number of aromatic nitrogens is 5. The molecule has 7 nitrogen and oxygen atoms in total. The van der Waals surface area contributed by atoms with Gasteiger partial charge < -0.3 is 9.26 Å². The minimum absolute atomic E-state index is 0.443. The highest BCUT2D eigenvalue weighted by Gasteiger charge is 2.12. The minimum atomic E-state index is 0.443. The first-order valence-electron chi connectivity index (χ1n) is 8.69. The molecule has 7 heteroatoms. The molecule has 3 heterocycles. The fourth-order valence-corrected chi connectivity index (χ4v) is 2.98.